The van der Waals surface area contributed by atoms with Crippen molar-refractivity contribution in [3.63, 3.8) is 0 Å². The minimum Gasteiger partial charge on any atom is -0.365 e. The van der Waals surface area contributed by atoms with Gasteiger partial charge in [0.15, 0.2) is 0 Å². The van der Waals surface area contributed by atoms with Crippen LogP contribution in [-0.4, -0.2) is 48.4 Å². The minimum absolute atomic E-state index is 0.00989. The summed E-state index contributed by atoms with van der Waals surface area (Å²) in [5.74, 6) is 0.0599. The molecule has 0 bridgehead atoms. The maximum absolute atomic E-state index is 12.4. The van der Waals surface area contributed by atoms with Gasteiger partial charge in [0.05, 0.1) is 0 Å². The SMILES string of the molecule is CC1CN(C(=O)C2CCC(=O)N2)CCN1c1ccccc1. The van der Waals surface area contributed by atoms with Crippen molar-refractivity contribution >= 4 is 17.5 Å². The molecule has 0 spiro atoms. The first-order valence-corrected chi connectivity index (χ1v) is 7.55. The zero-order chi connectivity index (χ0) is 14.8. The monoisotopic (exact) mass is 287 g/mol. The molecule has 5 nitrogen and oxygen atoms in total. The average molecular weight is 287 g/mol. The van der Waals surface area contributed by atoms with Gasteiger partial charge in [0.25, 0.3) is 0 Å². The minimum atomic E-state index is -0.312. The van der Waals surface area contributed by atoms with E-state index >= 15 is 0 Å². The Labute approximate surface area is 124 Å². The van der Waals surface area contributed by atoms with Crippen LogP contribution in [-0.2, 0) is 9.59 Å². The van der Waals surface area contributed by atoms with Crippen LogP contribution in [0.4, 0.5) is 5.69 Å². The van der Waals surface area contributed by atoms with Gasteiger partial charge in [-0.3, -0.25) is 9.59 Å². The van der Waals surface area contributed by atoms with Crippen LogP contribution >= 0.6 is 0 Å². The molecule has 21 heavy (non-hydrogen) atoms. The predicted octanol–water partition coefficient (Wildman–Crippen LogP) is 1.00. The molecule has 0 aliphatic carbocycles. The summed E-state index contributed by atoms with van der Waals surface area (Å²) >= 11 is 0. The van der Waals surface area contributed by atoms with Crippen LogP contribution < -0.4 is 10.2 Å². The molecule has 0 aromatic heterocycles. The van der Waals surface area contributed by atoms with Crippen molar-refractivity contribution in [1.82, 2.24) is 10.2 Å². The Balaban J connectivity index is 1.63. The highest BCUT2D eigenvalue weighted by Crippen LogP contribution is 2.21. The van der Waals surface area contributed by atoms with E-state index in [0.29, 0.717) is 25.9 Å². The van der Waals surface area contributed by atoms with Gasteiger partial charge in [-0.1, -0.05) is 18.2 Å². The summed E-state index contributed by atoms with van der Waals surface area (Å²) in [6, 6.07) is 10.3. The quantitative estimate of drug-likeness (QED) is 0.883. The third kappa shape index (κ3) is 2.86. The Kier molecular flexibility index (Phi) is 3.82. The molecule has 0 radical (unpaired) electrons. The second-order valence-corrected chi connectivity index (χ2v) is 5.82. The maximum Gasteiger partial charge on any atom is 0.245 e. The molecule has 2 atom stereocenters. The number of carbonyl (C=O) groups is 2. The number of piperazine rings is 1. The lowest BCUT2D eigenvalue weighted by Gasteiger charge is -2.42. The molecule has 2 heterocycles. The summed E-state index contributed by atoms with van der Waals surface area (Å²) in [5, 5.41) is 2.76. The summed E-state index contributed by atoms with van der Waals surface area (Å²) in [5.41, 5.74) is 1.20. The summed E-state index contributed by atoms with van der Waals surface area (Å²) < 4.78 is 0. The first-order chi connectivity index (χ1) is 10.1. The van der Waals surface area contributed by atoms with Crippen molar-refractivity contribution < 1.29 is 9.59 Å². The van der Waals surface area contributed by atoms with Crippen molar-refractivity contribution in [1.29, 1.82) is 0 Å². The molecular formula is C16H21N3O2. The highest BCUT2D eigenvalue weighted by molar-refractivity contribution is 5.91. The van der Waals surface area contributed by atoms with Gasteiger partial charge in [-0.15, -0.1) is 0 Å². The Bertz CT molecular complexity index is 532. The molecule has 112 valence electrons. The predicted molar refractivity (Wildman–Crippen MR) is 81.0 cm³/mol. The molecule has 2 fully saturated rings. The first kappa shape index (κ1) is 13.9. The molecule has 5 heteroatoms. The molecular weight excluding hydrogens is 266 g/mol. The number of nitrogens with zero attached hydrogens (tertiary/aromatic N) is 2. The number of para-hydroxylation sites is 1. The Morgan fingerprint density at radius 1 is 1.24 bits per heavy atom. The fourth-order valence-corrected chi connectivity index (χ4v) is 3.18. The molecule has 2 unspecified atom stereocenters. The van der Waals surface area contributed by atoms with Gasteiger partial charge in [0.2, 0.25) is 11.8 Å². The molecule has 1 aromatic rings. The second kappa shape index (κ2) is 5.76. The molecule has 2 aliphatic rings. The van der Waals surface area contributed by atoms with Crippen molar-refractivity contribution in [2.75, 3.05) is 24.5 Å². The van der Waals surface area contributed by atoms with Crippen LogP contribution in [0.3, 0.4) is 0 Å². The number of benzene rings is 1. The van der Waals surface area contributed by atoms with Gasteiger partial charge in [0, 0.05) is 37.8 Å². The van der Waals surface area contributed by atoms with Gasteiger partial charge < -0.3 is 15.1 Å². The summed E-state index contributed by atoms with van der Waals surface area (Å²) in [6.45, 7) is 4.39. The van der Waals surface area contributed by atoms with E-state index in [1.165, 1.54) is 5.69 Å². The Morgan fingerprint density at radius 2 is 2.00 bits per heavy atom. The third-order valence-corrected chi connectivity index (χ3v) is 4.32. The molecule has 2 amide bonds. The van der Waals surface area contributed by atoms with E-state index in [0.717, 1.165) is 6.54 Å². The highest BCUT2D eigenvalue weighted by atomic mass is 16.2. The number of hydrogen-bond donors (Lipinski definition) is 1. The largest absolute Gasteiger partial charge is 0.365 e. The molecule has 2 saturated heterocycles. The second-order valence-electron chi connectivity index (χ2n) is 5.82. The number of nitrogens with one attached hydrogen (secondary N) is 1. The van der Waals surface area contributed by atoms with Crippen molar-refractivity contribution in [2.24, 2.45) is 0 Å². The van der Waals surface area contributed by atoms with Crippen molar-refractivity contribution in [3.8, 4) is 0 Å². The summed E-state index contributed by atoms with van der Waals surface area (Å²) in [6.07, 6.45) is 1.10. The summed E-state index contributed by atoms with van der Waals surface area (Å²) in [7, 11) is 0. The van der Waals surface area contributed by atoms with Gasteiger partial charge in [-0.25, -0.2) is 0 Å². The van der Waals surface area contributed by atoms with Gasteiger partial charge >= 0.3 is 0 Å². The van der Waals surface area contributed by atoms with Gasteiger partial charge in [0.1, 0.15) is 6.04 Å². The van der Waals surface area contributed by atoms with Crippen LogP contribution in [0.15, 0.2) is 30.3 Å². The number of carbonyl (C=O) groups excluding carboxylic acids is 2. The smallest absolute Gasteiger partial charge is 0.245 e. The number of anilines is 1. The average Bonchev–Trinajstić information content (AvgIpc) is 2.94. The van der Waals surface area contributed by atoms with E-state index < -0.39 is 0 Å². The number of hydrogen-bond acceptors (Lipinski definition) is 3. The lowest BCUT2D eigenvalue weighted by atomic mass is 10.1. The normalized spacial score (nSPS) is 25.9. The third-order valence-electron chi connectivity index (χ3n) is 4.32. The molecule has 1 N–H and O–H groups in total. The molecule has 0 saturated carbocycles. The number of amides is 2. The fraction of sp³-hybridized carbons (Fsp3) is 0.500. The van der Waals surface area contributed by atoms with E-state index in [9.17, 15) is 9.59 Å². The molecule has 1 aromatic carbocycles. The van der Waals surface area contributed by atoms with E-state index in [4.69, 9.17) is 0 Å². The van der Waals surface area contributed by atoms with E-state index in [1.807, 2.05) is 23.1 Å². The lowest BCUT2D eigenvalue weighted by Crippen LogP contribution is -2.57. The van der Waals surface area contributed by atoms with Crippen LogP contribution in [0.5, 0.6) is 0 Å². The van der Waals surface area contributed by atoms with Crippen LogP contribution in [0.1, 0.15) is 19.8 Å². The first-order valence-electron chi connectivity index (χ1n) is 7.55. The lowest BCUT2D eigenvalue weighted by molar-refractivity contribution is -0.135. The van der Waals surface area contributed by atoms with Crippen LogP contribution in [0, 0.1) is 0 Å². The van der Waals surface area contributed by atoms with E-state index in [2.05, 4.69) is 29.3 Å². The van der Waals surface area contributed by atoms with Gasteiger partial charge in [-0.2, -0.15) is 0 Å². The van der Waals surface area contributed by atoms with Crippen molar-refractivity contribution in [2.45, 2.75) is 31.8 Å². The van der Waals surface area contributed by atoms with Gasteiger partial charge in [-0.05, 0) is 25.5 Å². The Morgan fingerprint density at radius 3 is 2.62 bits per heavy atom. The van der Waals surface area contributed by atoms with Crippen LogP contribution in [0.2, 0.25) is 0 Å². The fourth-order valence-electron chi connectivity index (χ4n) is 3.18. The topological polar surface area (TPSA) is 52.7 Å². The molecule has 2 aliphatic heterocycles. The Hall–Kier alpha value is -2.04. The molecule has 3 rings (SSSR count). The highest BCUT2D eigenvalue weighted by Gasteiger charge is 2.34. The maximum atomic E-state index is 12.4. The number of rotatable bonds is 2. The zero-order valence-corrected chi connectivity index (χ0v) is 12.3. The van der Waals surface area contributed by atoms with E-state index in [1.54, 1.807) is 0 Å². The standard InChI is InChI=1S/C16H21N3O2/c1-12-11-18(16(21)14-7-8-15(20)17-14)9-10-19(12)13-5-3-2-4-6-13/h2-6,12,14H,7-11H2,1H3,(H,17,20). The van der Waals surface area contributed by atoms with Crippen molar-refractivity contribution in [3.05, 3.63) is 30.3 Å². The summed E-state index contributed by atoms with van der Waals surface area (Å²) in [4.78, 5) is 27.9. The zero-order valence-electron chi connectivity index (χ0n) is 12.3. The van der Waals surface area contributed by atoms with Crippen LogP contribution in [0.25, 0.3) is 0 Å². The van der Waals surface area contributed by atoms with E-state index in [-0.39, 0.29) is 23.9 Å².